The van der Waals surface area contributed by atoms with Crippen LogP contribution < -0.4 is 5.73 Å². The second-order valence-electron chi connectivity index (χ2n) is 4.57. The summed E-state index contributed by atoms with van der Waals surface area (Å²) in [5.74, 6) is 0.136. The number of rotatable bonds is 6. The van der Waals surface area contributed by atoms with Gasteiger partial charge in [0.15, 0.2) is 0 Å². The summed E-state index contributed by atoms with van der Waals surface area (Å²) in [6.07, 6.45) is 5.62. The summed E-state index contributed by atoms with van der Waals surface area (Å²) >= 11 is 0. The number of ketones is 1. The molecular formula is C12H22N2O2. The van der Waals surface area contributed by atoms with Gasteiger partial charge in [0.25, 0.3) is 0 Å². The Balaban J connectivity index is 2.38. The van der Waals surface area contributed by atoms with E-state index in [2.05, 4.69) is 0 Å². The molecule has 4 nitrogen and oxygen atoms in total. The maximum atomic E-state index is 12.0. The van der Waals surface area contributed by atoms with Crippen molar-refractivity contribution in [2.24, 2.45) is 11.7 Å². The quantitative estimate of drug-likeness (QED) is 0.733. The number of carbonyl (C=O) groups is 2. The molecule has 16 heavy (non-hydrogen) atoms. The third kappa shape index (κ3) is 4.31. The zero-order chi connectivity index (χ0) is 12.0. The van der Waals surface area contributed by atoms with E-state index in [0.29, 0.717) is 13.1 Å². The van der Waals surface area contributed by atoms with Crippen LogP contribution in [0.2, 0.25) is 0 Å². The lowest BCUT2D eigenvalue weighted by molar-refractivity contribution is -0.126. The van der Waals surface area contributed by atoms with Gasteiger partial charge in [-0.3, -0.25) is 14.5 Å². The Kier molecular flexibility index (Phi) is 5.46. The molecular weight excluding hydrogens is 204 g/mol. The molecule has 0 aromatic carbocycles. The number of carbonyl (C=O) groups excluding carboxylic acids is 2. The minimum absolute atomic E-state index is 0.189. The zero-order valence-corrected chi connectivity index (χ0v) is 10.1. The van der Waals surface area contributed by atoms with E-state index in [4.69, 9.17) is 5.73 Å². The van der Waals surface area contributed by atoms with Crippen molar-refractivity contribution < 1.29 is 9.59 Å². The van der Waals surface area contributed by atoms with E-state index in [-0.39, 0.29) is 24.2 Å². The molecule has 0 saturated heterocycles. The maximum absolute atomic E-state index is 12.0. The molecule has 1 fully saturated rings. The van der Waals surface area contributed by atoms with Gasteiger partial charge in [0.1, 0.15) is 5.78 Å². The molecule has 0 radical (unpaired) electrons. The van der Waals surface area contributed by atoms with E-state index in [1.54, 1.807) is 0 Å². The summed E-state index contributed by atoms with van der Waals surface area (Å²) < 4.78 is 0. The molecule has 0 spiro atoms. The maximum Gasteiger partial charge on any atom is 0.231 e. The number of likely N-dealkylation sites (N-methyl/N-ethyl adjacent to an activating group) is 1. The third-order valence-electron chi connectivity index (χ3n) is 3.27. The highest BCUT2D eigenvalue weighted by Gasteiger charge is 2.22. The predicted molar refractivity (Wildman–Crippen MR) is 62.9 cm³/mol. The Morgan fingerprint density at radius 1 is 1.19 bits per heavy atom. The Hall–Kier alpha value is -0.900. The molecule has 2 N–H and O–H groups in total. The summed E-state index contributed by atoms with van der Waals surface area (Å²) in [4.78, 5) is 24.6. The van der Waals surface area contributed by atoms with Crippen molar-refractivity contribution >= 4 is 11.7 Å². The topological polar surface area (TPSA) is 63.4 Å². The summed E-state index contributed by atoms with van der Waals surface area (Å²) in [6.45, 7) is 3.21. The third-order valence-corrected chi connectivity index (χ3v) is 3.27. The van der Waals surface area contributed by atoms with Crippen molar-refractivity contribution in [2.75, 3.05) is 19.6 Å². The van der Waals surface area contributed by atoms with Crippen molar-refractivity contribution in [1.82, 2.24) is 4.90 Å². The van der Waals surface area contributed by atoms with Gasteiger partial charge in [-0.1, -0.05) is 26.2 Å². The molecule has 0 aliphatic heterocycles. The van der Waals surface area contributed by atoms with Gasteiger partial charge in [-0.25, -0.2) is 0 Å². The second kappa shape index (κ2) is 6.63. The van der Waals surface area contributed by atoms with Crippen LogP contribution in [0.15, 0.2) is 0 Å². The molecule has 1 aliphatic rings. The largest absolute Gasteiger partial charge is 0.369 e. The molecule has 0 aromatic heterocycles. The molecule has 0 bridgehead atoms. The van der Waals surface area contributed by atoms with Gasteiger partial charge in [-0.15, -0.1) is 0 Å². The highest BCUT2D eigenvalue weighted by Crippen LogP contribution is 2.24. The van der Waals surface area contributed by atoms with Crippen molar-refractivity contribution in [3.05, 3.63) is 0 Å². The molecule has 0 atom stereocenters. The van der Waals surface area contributed by atoms with Crippen molar-refractivity contribution in [3.8, 4) is 0 Å². The van der Waals surface area contributed by atoms with E-state index >= 15 is 0 Å². The van der Waals surface area contributed by atoms with Crippen molar-refractivity contribution in [1.29, 1.82) is 0 Å². The lowest BCUT2D eigenvalue weighted by atomic mass is 9.86. The predicted octanol–water partition coefficient (Wildman–Crippen LogP) is 0.943. The van der Waals surface area contributed by atoms with Gasteiger partial charge in [0.2, 0.25) is 5.91 Å². The van der Waals surface area contributed by atoms with Crippen LogP contribution in [-0.4, -0.2) is 36.2 Å². The lowest BCUT2D eigenvalue weighted by Gasteiger charge is -2.24. The van der Waals surface area contributed by atoms with Gasteiger partial charge in [0.05, 0.1) is 13.1 Å². The van der Waals surface area contributed by atoms with Crippen LogP contribution in [0.3, 0.4) is 0 Å². The summed E-state index contributed by atoms with van der Waals surface area (Å²) in [5.41, 5.74) is 5.13. The molecule has 1 rings (SSSR count). The summed E-state index contributed by atoms with van der Waals surface area (Å²) in [6, 6.07) is 0. The number of nitrogens with two attached hydrogens (primary N) is 1. The Labute approximate surface area is 97.2 Å². The number of hydrogen-bond acceptors (Lipinski definition) is 3. The molecule has 0 aromatic rings. The average molecular weight is 226 g/mol. The molecule has 1 aliphatic carbocycles. The molecule has 4 heteroatoms. The minimum atomic E-state index is -0.363. The number of nitrogens with zero attached hydrogens (tertiary/aromatic N) is 1. The summed E-state index contributed by atoms with van der Waals surface area (Å²) in [5, 5.41) is 0. The minimum Gasteiger partial charge on any atom is -0.369 e. The SMILES string of the molecule is CCN(CC(N)=O)CC(=O)C1CCCCC1. The first-order valence-corrected chi connectivity index (χ1v) is 6.16. The fourth-order valence-corrected chi connectivity index (χ4v) is 2.27. The van der Waals surface area contributed by atoms with E-state index < -0.39 is 0 Å². The Bertz CT molecular complexity index is 247. The second-order valence-corrected chi connectivity index (χ2v) is 4.57. The summed E-state index contributed by atoms with van der Waals surface area (Å²) in [7, 11) is 0. The number of amides is 1. The van der Waals surface area contributed by atoms with Gasteiger partial charge in [-0.2, -0.15) is 0 Å². The molecule has 1 saturated carbocycles. The van der Waals surface area contributed by atoms with Crippen LogP contribution >= 0.6 is 0 Å². The number of primary amides is 1. The number of Topliss-reactive ketones (excluding diaryl/α,β-unsaturated/α-hetero) is 1. The van der Waals surface area contributed by atoms with Crippen molar-refractivity contribution in [3.63, 3.8) is 0 Å². The normalized spacial score (nSPS) is 17.6. The van der Waals surface area contributed by atoms with Crippen LogP contribution in [-0.2, 0) is 9.59 Å². The van der Waals surface area contributed by atoms with Crippen molar-refractivity contribution in [2.45, 2.75) is 39.0 Å². The molecule has 0 heterocycles. The number of hydrogen-bond donors (Lipinski definition) is 1. The van der Waals surface area contributed by atoms with Crippen LogP contribution in [0.1, 0.15) is 39.0 Å². The standard InChI is InChI=1S/C12H22N2O2/c1-2-14(9-12(13)16)8-11(15)10-6-4-3-5-7-10/h10H,2-9H2,1H3,(H2,13,16). The van der Waals surface area contributed by atoms with Crippen LogP contribution in [0.25, 0.3) is 0 Å². The van der Waals surface area contributed by atoms with Gasteiger partial charge in [-0.05, 0) is 19.4 Å². The van der Waals surface area contributed by atoms with E-state index in [1.165, 1.54) is 19.3 Å². The first-order valence-electron chi connectivity index (χ1n) is 6.16. The zero-order valence-electron chi connectivity index (χ0n) is 10.1. The van der Waals surface area contributed by atoms with Gasteiger partial charge in [0, 0.05) is 5.92 Å². The van der Waals surface area contributed by atoms with E-state index in [1.807, 2.05) is 11.8 Å². The Morgan fingerprint density at radius 3 is 2.31 bits per heavy atom. The lowest BCUT2D eigenvalue weighted by Crippen LogP contribution is -2.39. The van der Waals surface area contributed by atoms with Gasteiger partial charge >= 0.3 is 0 Å². The first-order chi connectivity index (χ1) is 7.63. The highest BCUT2D eigenvalue weighted by atomic mass is 16.1. The smallest absolute Gasteiger partial charge is 0.231 e. The van der Waals surface area contributed by atoms with E-state index in [0.717, 1.165) is 12.8 Å². The Morgan fingerprint density at radius 2 is 1.81 bits per heavy atom. The first kappa shape index (κ1) is 13.2. The fraction of sp³-hybridized carbons (Fsp3) is 0.833. The molecule has 0 unspecified atom stereocenters. The highest BCUT2D eigenvalue weighted by molar-refractivity contribution is 5.84. The van der Waals surface area contributed by atoms with Crippen LogP contribution in [0.5, 0.6) is 0 Å². The van der Waals surface area contributed by atoms with E-state index in [9.17, 15) is 9.59 Å². The monoisotopic (exact) mass is 226 g/mol. The van der Waals surface area contributed by atoms with Gasteiger partial charge < -0.3 is 5.73 Å². The fourth-order valence-electron chi connectivity index (χ4n) is 2.27. The molecule has 92 valence electrons. The van der Waals surface area contributed by atoms with Crippen LogP contribution in [0.4, 0.5) is 0 Å². The molecule has 1 amide bonds. The average Bonchev–Trinajstić information content (AvgIpc) is 2.28. The van der Waals surface area contributed by atoms with Crippen LogP contribution in [0, 0.1) is 5.92 Å².